The summed E-state index contributed by atoms with van der Waals surface area (Å²) in [5, 5.41) is 11.0. The molecule has 1 atom stereocenters. The Hall–Kier alpha value is -2.04. The maximum Gasteiger partial charge on any atom is 0.293 e. The summed E-state index contributed by atoms with van der Waals surface area (Å²) in [6.45, 7) is 2.22. The second kappa shape index (κ2) is 7.29. The average molecular weight is 321 g/mol. The molecule has 4 nitrogen and oxygen atoms in total. The minimum atomic E-state index is -1.07. The molecule has 116 valence electrons. The number of benzene rings is 2. The van der Waals surface area contributed by atoms with Gasteiger partial charge in [0.05, 0.1) is 12.2 Å². The maximum absolute atomic E-state index is 10.4. The number of aliphatic hydroxyl groups is 1. The molecule has 0 radical (unpaired) electrons. The summed E-state index contributed by atoms with van der Waals surface area (Å²) in [6.07, 6.45) is 0.323. The third-order valence-corrected chi connectivity index (χ3v) is 3.55. The molecule has 0 amide bonds. The molecule has 0 bridgehead atoms. The number of hydrogen-bond acceptors (Lipinski definition) is 4. The van der Waals surface area contributed by atoms with Crippen LogP contribution in [-0.2, 0) is 15.1 Å². The number of halogens is 1. The standard InChI is InChI=1S/C17H17ClO4/c1-17(20,10-11-21-12-19)13-2-6-15(7-3-13)22-16-8-4-14(18)5-9-16/h2-9,12,20H,10-11H2,1H3. The molecule has 2 rings (SSSR count). The number of carbonyl (C=O) groups is 1. The Morgan fingerprint density at radius 2 is 1.64 bits per heavy atom. The van der Waals surface area contributed by atoms with Gasteiger partial charge in [-0.05, 0) is 48.9 Å². The van der Waals surface area contributed by atoms with Gasteiger partial charge in [-0.2, -0.15) is 0 Å². The monoisotopic (exact) mass is 320 g/mol. The second-order valence-electron chi connectivity index (χ2n) is 5.07. The first-order chi connectivity index (χ1) is 10.5. The summed E-state index contributed by atoms with van der Waals surface area (Å²) in [6, 6.07) is 14.2. The molecular formula is C17H17ClO4. The first kappa shape index (κ1) is 16.3. The van der Waals surface area contributed by atoms with Gasteiger partial charge in [0.2, 0.25) is 0 Å². The number of rotatable bonds is 7. The van der Waals surface area contributed by atoms with Crippen molar-refractivity contribution < 1.29 is 19.4 Å². The average Bonchev–Trinajstić information content (AvgIpc) is 2.50. The summed E-state index contributed by atoms with van der Waals surface area (Å²) in [4.78, 5) is 10.1. The van der Waals surface area contributed by atoms with Gasteiger partial charge in [-0.15, -0.1) is 0 Å². The van der Waals surface area contributed by atoms with E-state index >= 15 is 0 Å². The van der Waals surface area contributed by atoms with Crippen molar-refractivity contribution >= 4 is 18.1 Å². The highest BCUT2D eigenvalue weighted by molar-refractivity contribution is 6.30. The van der Waals surface area contributed by atoms with Crippen molar-refractivity contribution in [2.45, 2.75) is 18.9 Å². The highest BCUT2D eigenvalue weighted by Gasteiger charge is 2.22. The number of ether oxygens (including phenoxy) is 2. The van der Waals surface area contributed by atoms with Gasteiger partial charge in [-0.25, -0.2) is 0 Å². The smallest absolute Gasteiger partial charge is 0.293 e. The van der Waals surface area contributed by atoms with Crippen LogP contribution in [0.3, 0.4) is 0 Å². The molecule has 0 aliphatic carbocycles. The summed E-state index contributed by atoms with van der Waals surface area (Å²) >= 11 is 5.82. The first-order valence-electron chi connectivity index (χ1n) is 6.83. The molecule has 0 aromatic heterocycles. The summed E-state index contributed by atoms with van der Waals surface area (Å²) in [7, 11) is 0. The van der Waals surface area contributed by atoms with Gasteiger partial charge >= 0.3 is 0 Å². The zero-order valence-corrected chi connectivity index (χ0v) is 12.9. The highest BCUT2D eigenvalue weighted by atomic mass is 35.5. The van der Waals surface area contributed by atoms with E-state index < -0.39 is 5.60 Å². The molecule has 0 spiro atoms. The Kier molecular flexibility index (Phi) is 5.41. The van der Waals surface area contributed by atoms with Crippen LogP contribution in [-0.4, -0.2) is 18.2 Å². The van der Waals surface area contributed by atoms with E-state index in [4.69, 9.17) is 16.3 Å². The quantitative estimate of drug-likeness (QED) is 0.621. The largest absolute Gasteiger partial charge is 0.468 e. The molecule has 5 heteroatoms. The Morgan fingerprint density at radius 3 is 2.18 bits per heavy atom. The fourth-order valence-corrected chi connectivity index (χ4v) is 2.10. The number of carbonyl (C=O) groups excluding carboxylic acids is 1. The van der Waals surface area contributed by atoms with Crippen LogP contribution < -0.4 is 4.74 Å². The van der Waals surface area contributed by atoms with Crippen molar-refractivity contribution in [1.29, 1.82) is 0 Å². The van der Waals surface area contributed by atoms with Gasteiger partial charge < -0.3 is 14.6 Å². The van der Waals surface area contributed by atoms with Crippen molar-refractivity contribution in [3.63, 3.8) is 0 Å². The van der Waals surface area contributed by atoms with Crippen LogP contribution in [0.1, 0.15) is 18.9 Å². The third-order valence-electron chi connectivity index (χ3n) is 3.30. The van der Waals surface area contributed by atoms with Crippen LogP contribution in [0.4, 0.5) is 0 Å². The minimum Gasteiger partial charge on any atom is -0.468 e. The Bertz CT molecular complexity index is 606. The van der Waals surface area contributed by atoms with E-state index in [-0.39, 0.29) is 6.61 Å². The van der Waals surface area contributed by atoms with Crippen LogP contribution in [0.15, 0.2) is 48.5 Å². The molecular weight excluding hydrogens is 304 g/mol. The van der Waals surface area contributed by atoms with Gasteiger partial charge in [0, 0.05) is 11.4 Å². The summed E-state index contributed by atoms with van der Waals surface area (Å²) in [5.74, 6) is 1.34. The Morgan fingerprint density at radius 1 is 1.09 bits per heavy atom. The predicted molar refractivity (Wildman–Crippen MR) is 84.2 cm³/mol. The second-order valence-corrected chi connectivity index (χ2v) is 5.51. The van der Waals surface area contributed by atoms with Crippen LogP contribution in [0.2, 0.25) is 5.02 Å². The molecule has 0 aliphatic heterocycles. The summed E-state index contributed by atoms with van der Waals surface area (Å²) in [5.41, 5.74) is -0.340. The first-order valence-corrected chi connectivity index (χ1v) is 7.21. The van der Waals surface area contributed by atoms with Crippen molar-refractivity contribution in [2.75, 3.05) is 6.61 Å². The SMILES string of the molecule is CC(O)(CCOC=O)c1ccc(Oc2ccc(Cl)cc2)cc1. The van der Waals surface area contributed by atoms with Crippen LogP contribution in [0, 0.1) is 0 Å². The topological polar surface area (TPSA) is 55.8 Å². The molecule has 1 unspecified atom stereocenters. The third kappa shape index (κ3) is 4.48. The normalized spacial score (nSPS) is 13.2. The van der Waals surface area contributed by atoms with E-state index in [1.807, 2.05) is 0 Å². The zero-order valence-electron chi connectivity index (χ0n) is 12.2. The van der Waals surface area contributed by atoms with Crippen molar-refractivity contribution in [3.8, 4) is 11.5 Å². The molecule has 22 heavy (non-hydrogen) atoms. The van der Waals surface area contributed by atoms with Crippen LogP contribution in [0.5, 0.6) is 11.5 Å². The van der Waals surface area contributed by atoms with E-state index in [0.717, 1.165) is 5.56 Å². The lowest BCUT2D eigenvalue weighted by atomic mass is 9.93. The fourth-order valence-electron chi connectivity index (χ4n) is 1.97. The molecule has 0 saturated carbocycles. The van der Waals surface area contributed by atoms with Crippen LogP contribution in [0.25, 0.3) is 0 Å². The minimum absolute atomic E-state index is 0.166. The lowest BCUT2D eigenvalue weighted by molar-refractivity contribution is -0.130. The summed E-state index contributed by atoms with van der Waals surface area (Å²) < 4.78 is 10.3. The fraction of sp³-hybridized carbons (Fsp3) is 0.235. The molecule has 0 heterocycles. The maximum atomic E-state index is 10.4. The molecule has 0 aliphatic rings. The predicted octanol–water partition coefficient (Wildman–Crippen LogP) is 3.90. The van der Waals surface area contributed by atoms with Gasteiger partial charge in [-0.1, -0.05) is 23.7 Å². The van der Waals surface area contributed by atoms with Gasteiger partial charge in [-0.3, -0.25) is 4.79 Å². The molecule has 2 aromatic carbocycles. The van der Waals surface area contributed by atoms with E-state index in [1.54, 1.807) is 55.5 Å². The molecule has 0 fully saturated rings. The molecule has 2 aromatic rings. The molecule has 1 N–H and O–H groups in total. The zero-order chi connectivity index (χ0) is 16.0. The Balaban J connectivity index is 2.03. The van der Waals surface area contributed by atoms with E-state index in [1.165, 1.54) is 0 Å². The van der Waals surface area contributed by atoms with Crippen LogP contribution >= 0.6 is 11.6 Å². The van der Waals surface area contributed by atoms with E-state index in [2.05, 4.69) is 4.74 Å². The van der Waals surface area contributed by atoms with Gasteiger partial charge in [0.1, 0.15) is 11.5 Å². The van der Waals surface area contributed by atoms with Crippen molar-refractivity contribution in [2.24, 2.45) is 0 Å². The van der Waals surface area contributed by atoms with E-state index in [9.17, 15) is 9.90 Å². The Labute approximate surface area is 134 Å². The molecule has 0 saturated heterocycles. The lowest BCUT2D eigenvalue weighted by Crippen LogP contribution is -2.23. The van der Waals surface area contributed by atoms with E-state index in [0.29, 0.717) is 29.4 Å². The number of hydrogen-bond donors (Lipinski definition) is 1. The highest BCUT2D eigenvalue weighted by Crippen LogP contribution is 2.28. The lowest BCUT2D eigenvalue weighted by Gasteiger charge is -2.23. The van der Waals surface area contributed by atoms with Gasteiger partial charge in [0.15, 0.2) is 0 Å². The van der Waals surface area contributed by atoms with Gasteiger partial charge in [0.25, 0.3) is 6.47 Å². The van der Waals surface area contributed by atoms with Crippen molar-refractivity contribution in [3.05, 3.63) is 59.1 Å². The van der Waals surface area contributed by atoms with Crippen molar-refractivity contribution in [1.82, 2.24) is 0 Å².